The predicted molar refractivity (Wildman–Crippen MR) is 96.0 cm³/mol. The molecule has 0 N–H and O–H groups in total. The van der Waals surface area contributed by atoms with E-state index in [0.717, 1.165) is 5.71 Å². The lowest BCUT2D eigenvalue weighted by molar-refractivity contribution is 0.224. The summed E-state index contributed by atoms with van der Waals surface area (Å²) in [6, 6.07) is 0. The van der Waals surface area contributed by atoms with Gasteiger partial charge in [0.25, 0.3) is 0 Å². The average Bonchev–Trinajstić information content (AvgIpc) is 2.37. The zero-order valence-corrected chi connectivity index (χ0v) is 15.9. The Morgan fingerprint density at radius 3 is 1.57 bits per heavy atom. The Morgan fingerprint density at radius 2 is 1.19 bits per heavy atom. The van der Waals surface area contributed by atoms with Crippen LogP contribution in [0.5, 0.6) is 0 Å². The smallest absolute Gasteiger partial charge is 0.0392 e. The minimum absolute atomic E-state index is 0.0849. The molecule has 0 aliphatic carbocycles. The Bertz CT molecular complexity index is 581. The quantitative estimate of drug-likeness (QED) is 0.620. The Hall–Kier alpha value is -1.11. The van der Waals surface area contributed by atoms with E-state index in [2.05, 4.69) is 74.2 Å². The third-order valence-electron chi connectivity index (χ3n) is 5.88. The summed E-state index contributed by atoms with van der Waals surface area (Å²) in [6.07, 6.45) is 0. The molecule has 1 nitrogen and oxygen atoms in total. The van der Waals surface area contributed by atoms with Crippen molar-refractivity contribution in [2.45, 2.75) is 74.7 Å². The molecule has 1 aromatic rings. The van der Waals surface area contributed by atoms with Gasteiger partial charge in [0, 0.05) is 18.3 Å². The second-order valence-corrected chi connectivity index (χ2v) is 7.93. The molecule has 0 aliphatic heterocycles. The van der Waals surface area contributed by atoms with Crippen LogP contribution in [-0.2, 0) is 5.41 Å². The highest BCUT2D eigenvalue weighted by molar-refractivity contribution is 6.02. The standard InChI is InChI=1S/C20H33N/c1-12-13(2)15(4)18(20(9,10)19(6,7)8)17(14(12)3)16(5)21-11/h1-11H3/b21-16+. The second kappa shape index (κ2) is 5.59. The fourth-order valence-electron chi connectivity index (χ4n) is 3.03. The molecule has 1 rings (SSSR count). The number of rotatable bonds is 2. The van der Waals surface area contributed by atoms with Crippen LogP contribution in [-0.4, -0.2) is 12.8 Å². The summed E-state index contributed by atoms with van der Waals surface area (Å²) < 4.78 is 0. The van der Waals surface area contributed by atoms with E-state index < -0.39 is 0 Å². The van der Waals surface area contributed by atoms with Crippen LogP contribution in [0.4, 0.5) is 0 Å². The molecule has 21 heavy (non-hydrogen) atoms. The number of hydrogen-bond donors (Lipinski definition) is 0. The van der Waals surface area contributed by atoms with Crippen molar-refractivity contribution in [2.75, 3.05) is 7.05 Å². The first kappa shape index (κ1) is 17.9. The molecule has 0 bridgehead atoms. The molecule has 1 heteroatoms. The van der Waals surface area contributed by atoms with Crippen molar-refractivity contribution >= 4 is 5.71 Å². The van der Waals surface area contributed by atoms with E-state index >= 15 is 0 Å². The van der Waals surface area contributed by atoms with Crippen molar-refractivity contribution in [1.82, 2.24) is 0 Å². The first-order valence-electron chi connectivity index (χ1n) is 7.92. The molecule has 0 unspecified atom stereocenters. The molecule has 0 saturated carbocycles. The minimum Gasteiger partial charge on any atom is -0.293 e. The maximum atomic E-state index is 4.50. The minimum atomic E-state index is 0.0849. The van der Waals surface area contributed by atoms with E-state index in [1.807, 2.05) is 7.05 Å². The van der Waals surface area contributed by atoms with Gasteiger partial charge in [-0.2, -0.15) is 0 Å². The number of benzene rings is 1. The molecular formula is C20H33N. The van der Waals surface area contributed by atoms with E-state index in [1.54, 1.807) is 0 Å². The van der Waals surface area contributed by atoms with Crippen LogP contribution < -0.4 is 0 Å². The van der Waals surface area contributed by atoms with Crippen molar-refractivity contribution in [1.29, 1.82) is 0 Å². The molecule has 0 fully saturated rings. The highest BCUT2D eigenvalue weighted by atomic mass is 14.7. The van der Waals surface area contributed by atoms with Crippen LogP contribution in [0.3, 0.4) is 0 Å². The van der Waals surface area contributed by atoms with Gasteiger partial charge in [0.15, 0.2) is 0 Å². The van der Waals surface area contributed by atoms with Crippen LogP contribution >= 0.6 is 0 Å². The number of nitrogens with zero attached hydrogens (tertiary/aromatic N) is 1. The molecule has 0 aromatic heterocycles. The summed E-state index contributed by atoms with van der Waals surface area (Å²) in [5.74, 6) is 0. The maximum Gasteiger partial charge on any atom is 0.0392 e. The normalized spacial score (nSPS) is 13.8. The zero-order valence-electron chi connectivity index (χ0n) is 15.9. The topological polar surface area (TPSA) is 12.4 Å². The summed E-state index contributed by atoms with van der Waals surface area (Å²) in [5.41, 5.74) is 9.88. The van der Waals surface area contributed by atoms with Gasteiger partial charge in [-0.3, -0.25) is 4.99 Å². The highest BCUT2D eigenvalue weighted by Gasteiger charge is 2.38. The maximum absolute atomic E-state index is 4.50. The van der Waals surface area contributed by atoms with Gasteiger partial charge >= 0.3 is 0 Å². The van der Waals surface area contributed by atoms with Crippen molar-refractivity contribution in [3.63, 3.8) is 0 Å². The van der Waals surface area contributed by atoms with Gasteiger partial charge in [0.05, 0.1) is 0 Å². The van der Waals surface area contributed by atoms with Crippen molar-refractivity contribution in [3.8, 4) is 0 Å². The van der Waals surface area contributed by atoms with E-state index in [9.17, 15) is 0 Å². The van der Waals surface area contributed by atoms with Crippen LogP contribution in [0.15, 0.2) is 4.99 Å². The van der Waals surface area contributed by atoms with Gasteiger partial charge in [-0.25, -0.2) is 0 Å². The van der Waals surface area contributed by atoms with Gasteiger partial charge in [0.1, 0.15) is 0 Å². The fourth-order valence-corrected chi connectivity index (χ4v) is 3.03. The average molecular weight is 287 g/mol. The van der Waals surface area contributed by atoms with Crippen molar-refractivity contribution in [3.05, 3.63) is 33.4 Å². The summed E-state index contributed by atoms with van der Waals surface area (Å²) >= 11 is 0. The van der Waals surface area contributed by atoms with Gasteiger partial charge < -0.3 is 0 Å². The van der Waals surface area contributed by atoms with E-state index in [0.29, 0.717) is 0 Å². The van der Waals surface area contributed by atoms with E-state index in [4.69, 9.17) is 0 Å². The van der Waals surface area contributed by atoms with Gasteiger partial charge in [0.2, 0.25) is 0 Å². The predicted octanol–water partition coefficient (Wildman–Crippen LogP) is 5.68. The van der Waals surface area contributed by atoms with Gasteiger partial charge in [-0.15, -0.1) is 0 Å². The van der Waals surface area contributed by atoms with Gasteiger partial charge in [-0.1, -0.05) is 34.6 Å². The van der Waals surface area contributed by atoms with E-state index in [-0.39, 0.29) is 10.8 Å². The number of hydrogen-bond acceptors (Lipinski definition) is 1. The van der Waals surface area contributed by atoms with Crippen molar-refractivity contribution < 1.29 is 0 Å². The largest absolute Gasteiger partial charge is 0.293 e. The lowest BCUT2D eigenvalue weighted by Crippen LogP contribution is -2.37. The third kappa shape index (κ3) is 2.80. The highest BCUT2D eigenvalue weighted by Crippen LogP contribution is 2.45. The molecule has 0 amide bonds. The first-order chi connectivity index (χ1) is 9.37. The summed E-state index contributed by atoms with van der Waals surface area (Å²) in [4.78, 5) is 4.50. The molecule has 118 valence electrons. The third-order valence-corrected chi connectivity index (χ3v) is 5.88. The molecule has 1 aromatic carbocycles. The SMILES string of the molecule is C/N=C(\C)c1c(C)c(C)c(C)c(C)c1C(C)(C)C(C)(C)C. The van der Waals surface area contributed by atoms with Crippen LogP contribution in [0.2, 0.25) is 0 Å². The Balaban J connectivity index is 3.98. The summed E-state index contributed by atoms with van der Waals surface area (Å²) in [7, 11) is 1.90. The summed E-state index contributed by atoms with van der Waals surface area (Å²) in [5, 5.41) is 0. The summed E-state index contributed by atoms with van der Waals surface area (Å²) in [6.45, 7) is 22.9. The molecule has 0 saturated heterocycles. The Kier molecular flexibility index (Phi) is 4.77. The molecular weight excluding hydrogens is 254 g/mol. The molecule has 0 radical (unpaired) electrons. The lowest BCUT2D eigenvalue weighted by atomic mass is 9.62. The van der Waals surface area contributed by atoms with Crippen LogP contribution in [0.25, 0.3) is 0 Å². The lowest BCUT2D eigenvalue weighted by Gasteiger charge is -2.43. The molecule has 0 atom stereocenters. The second-order valence-electron chi connectivity index (χ2n) is 7.93. The molecule has 0 aliphatic rings. The Morgan fingerprint density at radius 1 is 0.762 bits per heavy atom. The number of aliphatic imine (C=N–C) groups is 1. The fraction of sp³-hybridized carbons (Fsp3) is 0.650. The van der Waals surface area contributed by atoms with Crippen molar-refractivity contribution in [2.24, 2.45) is 10.4 Å². The molecule has 0 heterocycles. The molecule has 0 spiro atoms. The Labute approximate surface area is 131 Å². The van der Waals surface area contributed by atoms with Crippen LogP contribution in [0.1, 0.15) is 74.9 Å². The van der Waals surface area contributed by atoms with Crippen LogP contribution in [0, 0.1) is 33.1 Å². The van der Waals surface area contributed by atoms with E-state index in [1.165, 1.54) is 33.4 Å². The van der Waals surface area contributed by atoms with Gasteiger partial charge in [-0.05, 0) is 73.3 Å². The first-order valence-corrected chi connectivity index (χ1v) is 7.92. The zero-order chi connectivity index (χ0) is 16.7. The monoisotopic (exact) mass is 287 g/mol.